The number of hydrogen-bond acceptors (Lipinski definition) is 2. The van der Waals surface area contributed by atoms with E-state index < -0.39 is 0 Å². The van der Waals surface area contributed by atoms with E-state index in [0.717, 1.165) is 22.6 Å². The van der Waals surface area contributed by atoms with Gasteiger partial charge < -0.3 is 10.6 Å². The number of anilines is 2. The lowest BCUT2D eigenvalue weighted by molar-refractivity contribution is 1.27. The van der Waals surface area contributed by atoms with Crippen molar-refractivity contribution in [2.45, 2.75) is 13.8 Å². The third kappa shape index (κ3) is 3.66. The highest BCUT2D eigenvalue weighted by Crippen LogP contribution is 2.23. The summed E-state index contributed by atoms with van der Waals surface area (Å²) in [6.45, 7) is 3.96. The second kappa shape index (κ2) is 5.99. The Balaban J connectivity index is 2.08. The van der Waals surface area contributed by atoms with Crippen LogP contribution in [0.3, 0.4) is 0 Å². The minimum absolute atomic E-state index is 0.465. The molecule has 0 aliphatic carbocycles. The predicted octanol–water partition coefficient (Wildman–Crippen LogP) is 4.16. The maximum absolute atomic E-state index is 6.14. The molecular weight excluding hydrogens is 278 g/mol. The molecule has 98 valence electrons. The summed E-state index contributed by atoms with van der Waals surface area (Å²) in [6, 6.07) is 9.61. The lowest BCUT2D eigenvalue weighted by atomic mass is 10.2. The highest BCUT2D eigenvalue weighted by atomic mass is 35.5. The molecule has 0 amide bonds. The van der Waals surface area contributed by atoms with E-state index in [4.69, 9.17) is 23.8 Å². The largest absolute Gasteiger partial charge is 0.331 e. The zero-order valence-electron chi connectivity index (χ0n) is 10.7. The summed E-state index contributed by atoms with van der Waals surface area (Å²) >= 11 is 11.4. The fourth-order valence-corrected chi connectivity index (χ4v) is 2.09. The molecule has 19 heavy (non-hydrogen) atoms. The number of hydrogen-bond donors (Lipinski definition) is 2. The van der Waals surface area contributed by atoms with Crippen LogP contribution >= 0.6 is 23.8 Å². The molecule has 2 aromatic rings. The number of halogens is 1. The van der Waals surface area contributed by atoms with Crippen LogP contribution in [-0.4, -0.2) is 10.1 Å². The van der Waals surface area contributed by atoms with Gasteiger partial charge in [-0.3, -0.25) is 0 Å². The molecule has 0 aliphatic rings. The van der Waals surface area contributed by atoms with Gasteiger partial charge in [0, 0.05) is 6.20 Å². The number of rotatable bonds is 2. The first-order valence-electron chi connectivity index (χ1n) is 5.82. The minimum atomic E-state index is 0.465. The summed E-state index contributed by atoms with van der Waals surface area (Å²) in [5, 5.41) is 7.22. The Morgan fingerprint density at radius 1 is 1.21 bits per heavy atom. The van der Waals surface area contributed by atoms with Crippen molar-refractivity contribution in [1.29, 1.82) is 0 Å². The van der Waals surface area contributed by atoms with Gasteiger partial charge in [0.05, 0.1) is 10.7 Å². The van der Waals surface area contributed by atoms with Crippen molar-refractivity contribution < 1.29 is 0 Å². The molecule has 0 saturated carbocycles. The van der Waals surface area contributed by atoms with Crippen molar-refractivity contribution in [3.8, 4) is 0 Å². The van der Waals surface area contributed by atoms with Crippen molar-refractivity contribution in [3.05, 3.63) is 52.7 Å². The van der Waals surface area contributed by atoms with Crippen LogP contribution in [0.5, 0.6) is 0 Å². The number of pyridine rings is 1. The highest BCUT2D eigenvalue weighted by molar-refractivity contribution is 7.80. The summed E-state index contributed by atoms with van der Waals surface area (Å²) in [6.07, 6.45) is 1.72. The van der Waals surface area contributed by atoms with Gasteiger partial charge in [-0.2, -0.15) is 0 Å². The summed E-state index contributed by atoms with van der Waals surface area (Å²) < 4.78 is 0. The van der Waals surface area contributed by atoms with Gasteiger partial charge >= 0.3 is 0 Å². The van der Waals surface area contributed by atoms with Gasteiger partial charge in [-0.15, -0.1) is 0 Å². The highest BCUT2D eigenvalue weighted by Gasteiger charge is 2.05. The number of aromatic nitrogens is 1. The number of thiocarbonyl (C=S) groups is 1. The molecule has 0 saturated heterocycles. The molecule has 0 bridgehead atoms. The predicted molar refractivity (Wildman–Crippen MR) is 85.0 cm³/mol. The zero-order valence-corrected chi connectivity index (χ0v) is 12.3. The second-order valence-electron chi connectivity index (χ2n) is 4.23. The number of nitrogens with zero attached hydrogens (tertiary/aromatic N) is 1. The molecule has 3 nitrogen and oxygen atoms in total. The zero-order chi connectivity index (χ0) is 13.8. The van der Waals surface area contributed by atoms with Crippen molar-refractivity contribution in [3.63, 3.8) is 0 Å². The van der Waals surface area contributed by atoms with Crippen LogP contribution in [0.15, 0.2) is 36.5 Å². The van der Waals surface area contributed by atoms with Gasteiger partial charge in [-0.25, -0.2) is 4.98 Å². The van der Waals surface area contributed by atoms with Crippen LogP contribution < -0.4 is 10.6 Å². The van der Waals surface area contributed by atoms with Gasteiger partial charge in [0.2, 0.25) is 0 Å². The molecule has 1 aromatic carbocycles. The minimum Gasteiger partial charge on any atom is -0.331 e. The number of aryl methyl sites for hydroxylation is 2. The van der Waals surface area contributed by atoms with Crippen molar-refractivity contribution >= 4 is 40.4 Å². The lowest BCUT2D eigenvalue weighted by Gasteiger charge is -2.12. The molecule has 2 N–H and O–H groups in total. The molecule has 0 radical (unpaired) electrons. The van der Waals surface area contributed by atoms with Gasteiger partial charge in [-0.1, -0.05) is 23.7 Å². The fraction of sp³-hybridized carbons (Fsp3) is 0.143. The van der Waals surface area contributed by atoms with E-state index in [1.165, 1.54) is 0 Å². The van der Waals surface area contributed by atoms with E-state index in [9.17, 15) is 0 Å². The van der Waals surface area contributed by atoms with Crippen LogP contribution in [0, 0.1) is 13.8 Å². The van der Waals surface area contributed by atoms with Crippen LogP contribution in [-0.2, 0) is 0 Å². The molecule has 1 heterocycles. The van der Waals surface area contributed by atoms with Crippen molar-refractivity contribution in [2.24, 2.45) is 0 Å². The summed E-state index contributed by atoms with van der Waals surface area (Å²) in [5.41, 5.74) is 2.91. The molecule has 2 rings (SSSR count). The molecule has 5 heteroatoms. The van der Waals surface area contributed by atoms with E-state index >= 15 is 0 Å². The van der Waals surface area contributed by atoms with E-state index in [-0.39, 0.29) is 0 Å². The average Bonchev–Trinajstić information content (AvgIpc) is 2.36. The monoisotopic (exact) mass is 291 g/mol. The molecule has 0 fully saturated rings. The van der Waals surface area contributed by atoms with Crippen LogP contribution in [0.2, 0.25) is 5.02 Å². The quantitative estimate of drug-likeness (QED) is 0.815. The maximum atomic E-state index is 6.14. The first-order chi connectivity index (χ1) is 9.06. The standard InChI is InChI=1S/C14H14ClN3S/c1-9-5-6-12(11(15)8-9)17-14(19)18-13-10(2)4-3-7-16-13/h3-8H,1-2H3,(H2,16,17,18,19). The lowest BCUT2D eigenvalue weighted by Crippen LogP contribution is -2.20. The Morgan fingerprint density at radius 3 is 2.68 bits per heavy atom. The summed E-state index contributed by atoms with van der Waals surface area (Å²) in [4.78, 5) is 4.22. The Kier molecular flexibility index (Phi) is 4.35. The molecule has 0 atom stereocenters. The topological polar surface area (TPSA) is 37.0 Å². The number of benzene rings is 1. The van der Waals surface area contributed by atoms with Crippen molar-refractivity contribution in [2.75, 3.05) is 10.6 Å². The molecule has 0 unspecified atom stereocenters. The van der Waals surface area contributed by atoms with Gasteiger partial charge in [-0.05, 0) is 55.4 Å². The van der Waals surface area contributed by atoms with Crippen LogP contribution in [0.1, 0.15) is 11.1 Å². The Bertz CT molecular complexity index is 613. The fourth-order valence-electron chi connectivity index (χ4n) is 1.60. The average molecular weight is 292 g/mol. The van der Waals surface area contributed by atoms with E-state index in [1.54, 1.807) is 6.20 Å². The molecule has 0 aliphatic heterocycles. The third-order valence-corrected chi connectivity index (χ3v) is 3.13. The second-order valence-corrected chi connectivity index (χ2v) is 5.05. The molecule has 0 spiro atoms. The molecule has 1 aromatic heterocycles. The first-order valence-corrected chi connectivity index (χ1v) is 6.60. The van der Waals surface area contributed by atoms with E-state index in [0.29, 0.717) is 10.1 Å². The maximum Gasteiger partial charge on any atom is 0.176 e. The Labute approximate surface area is 123 Å². The smallest absolute Gasteiger partial charge is 0.176 e. The van der Waals surface area contributed by atoms with Crippen LogP contribution in [0.25, 0.3) is 0 Å². The molecular formula is C14H14ClN3S. The third-order valence-electron chi connectivity index (χ3n) is 2.61. The number of nitrogens with one attached hydrogen (secondary N) is 2. The Morgan fingerprint density at radius 2 is 2.00 bits per heavy atom. The SMILES string of the molecule is Cc1ccc(NC(=S)Nc2ncccc2C)c(Cl)c1. The van der Waals surface area contributed by atoms with Gasteiger partial charge in [0.1, 0.15) is 5.82 Å². The summed E-state index contributed by atoms with van der Waals surface area (Å²) in [5.74, 6) is 0.739. The van der Waals surface area contributed by atoms with Gasteiger partial charge in [0.15, 0.2) is 5.11 Å². The van der Waals surface area contributed by atoms with Crippen molar-refractivity contribution in [1.82, 2.24) is 4.98 Å². The van der Waals surface area contributed by atoms with Gasteiger partial charge in [0.25, 0.3) is 0 Å². The van der Waals surface area contributed by atoms with E-state index in [2.05, 4.69) is 15.6 Å². The van der Waals surface area contributed by atoms with E-state index in [1.807, 2.05) is 44.2 Å². The first kappa shape index (κ1) is 13.8. The Hall–Kier alpha value is -1.65. The normalized spacial score (nSPS) is 10.1. The summed E-state index contributed by atoms with van der Waals surface area (Å²) in [7, 11) is 0. The van der Waals surface area contributed by atoms with Crippen LogP contribution in [0.4, 0.5) is 11.5 Å².